The third-order valence-electron chi connectivity index (χ3n) is 2.92. The van der Waals surface area contributed by atoms with Crippen LogP contribution in [0.4, 0.5) is 0 Å². The average Bonchev–Trinajstić information content (AvgIpc) is 2.56. The van der Waals surface area contributed by atoms with Crippen LogP contribution >= 0.6 is 15.9 Å². The van der Waals surface area contributed by atoms with Gasteiger partial charge in [-0.15, -0.1) is 0 Å². The molecule has 0 aliphatic carbocycles. The van der Waals surface area contributed by atoms with Crippen molar-refractivity contribution < 1.29 is 5.11 Å². The van der Waals surface area contributed by atoms with Crippen molar-refractivity contribution in [3.05, 3.63) is 15.9 Å². The Hall–Kier alpha value is -0.390. The van der Waals surface area contributed by atoms with E-state index in [0.29, 0.717) is 6.54 Å². The first kappa shape index (κ1) is 13.7. The molecule has 92 valence electrons. The molecule has 3 N–H and O–H groups in total. The second-order valence-electron chi connectivity index (χ2n) is 4.51. The van der Waals surface area contributed by atoms with Gasteiger partial charge in [0.25, 0.3) is 0 Å². The lowest BCUT2D eigenvalue weighted by molar-refractivity contribution is 0.147. The van der Waals surface area contributed by atoms with Crippen molar-refractivity contribution in [2.75, 3.05) is 13.2 Å². The summed E-state index contributed by atoms with van der Waals surface area (Å²) >= 11 is 3.55. The first-order valence-electron chi connectivity index (χ1n) is 5.50. The maximum Gasteiger partial charge on any atom is 0.0738 e. The van der Waals surface area contributed by atoms with Gasteiger partial charge in [-0.2, -0.15) is 5.10 Å². The molecule has 16 heavy (non-hydrogen) atoms. The summed E-state index contributed by atoms with van der Waals surface area (Å²) < 4.78 is 2.99. The number of aliphatic hydroxyl groups excluding tert-OH is 1. The standard InChI is InChI=1S/C11H20BrN3O/c1-4-15-9(10(12)8(2)14-15)5-11(3,6-13)7-16/h16H,4-7,13H2,1-3H3. The monoisotopic (exact) mass is 289 g/mol. The van der Waals surface area contributed by atoms with Crippen LogP contribution in [0.5, 0.6) is 0 Å². The zero-order valence-electron chi connectivity index (χ0n) is 10.1. The molecule has 0 spiro atoms. The summed E-state index contributed by atoms with van der Waals surface area (Å²) in [6.45, 7) is 7.39. The molecule has 0 aliphatic rings. The van der Waals surface area contributed by atoms with Crippen molar-refractivity contribution in [1.82, 2.24) is 9.78 Å². The number of hydrogen-bond acceptors (Lipinski definition) is 3. The smallest absolute Gasteiger partial charge is 0.0738 e. The minimum atomic E-state index is -0.276. The van der Waals surface area contributed by atoms with Gasteiger partial charge in [-0.05, 0) is 36.2 Å². The van der Waals surface area contributed by atoms with Gasteiger partial charge in [-0.3, -0.25) is 4.68 Å². The molecule has 0 radical (unpaired) electrons. The summed E-state index contributed by atoms with van der Waals surface area (Å²) in [5, 5.41) is 13.8. The Balaban J connectivity index is 3.04. The van der Waals surface area contributed by atoms with Gasteiger partial charge >= 0.3 is 0 Å². The highest BCUT2D eigenvalue weighted by Crippen LogP contribution is 2.28. The lowest BCUT2D eigenvalue weighted by Gasteiger charge is -2.25. The maximum absolute atomic E-state index is 9.38. The Morgan fingerprint density at radius 1 is 1.56 bits per heavy atom. The molecule has 0 aliphatic heterocycles. The summed E-state index contributed by atoms with van der Waals surface area (Å²) in [5.74, 6) is 0. The Morgan fingerprint density at radius 2 is 2.19 bits per heavy atom. The van der Waals surface area contributed by atoms with Crippen LogP contribution in [0.25, 0.3) is 0 Å². The molecule has 1 heterocycles. The van der Waals surface area contributed by atoms with Crippen LogP contribution in [0.3, 0.4) is 0 Å². The number of nitrogens with zero attached hydrogens (tertiary/aromatic N) is 2. The van der Waals surface area contributed by atoms with Gasteiger partial charge in [0.1, 0.15) is 0 Å². The highest BCUT2D eigenvalue weighted by atomic mass is 79.9. The SMILES string of the molecule is CCn1nc(C)c(Br)c1CC(C)(CN)CO. The first-order valence-corrected chi connectivity index (χ1v) is 6.29. The van der Waals surface area contributed by atoms with Crippen molar-refractivity contribution in [2.45, 2.75) is 33.7 Å². The van der Waals surface area contributed by atoms with Crippen LogP contribution in [0.1, 0.15) is 25.2 Å². The quantitative estimate of drug-likeness (QED) is 0.863. The molecule has 0 fully saturated rings. The van der Waals surface area contributed by atoms with Gasteiger partial charge in [-0.25, -0.2) is 0 Å². The molecular formula is C11H20BrN3O. The molecule has 1 aromatic rings. The predicted octanol–water partition coefficient (Wildman–Crippen LogP) is 1.47. The van der Waals surface area contributed by atoms with E-state index in [1.54, 1.807) is 0 Å². The van der Waals surface area contributed by atoms with E-state index in [4.69, 9.17) is 5.73 Å². The Labute approximate surface area is 105 Å². The number of aliphatic hydroxyl groups is 1. The predicted molar refractivity (Wildman–Crippen MR) is 68.3 cm³/mol. The van der Waals surface area contributed by atoms with E-state index in [1.807, 2.05) is 18.5 Å². The molecule has 4 nitrogen and oxygen atoms in total. The van der Waals surface area contributed by atoms with Crippen LogP contribution in [0.2, 0.25) is 0 Å². The zero-order valence-corrected chi connectivity index (χ0v) is 11.7. The average molecular weight is 290 g/mol. The minimum absolute atomic E-state index is 0.0872. The molecule has 0 aromatic carbocycles. The van der Waals surface area contributed by atoms with E-state index in [0.717, 1.165) is 28.8 Å². The van der Waals surface area contributed by atoms with Gasteiger partial charge < -0.3 is 10.8 Å². The zero-order chi connectivity index (χ0) is 12.3. The van der Waals surface area contributed by atoms with E-state index in [2.05, 4.69) is 28.0 Å². The van der Waals surface area contributed by atoms with Crippen molar-refractivity contribution in [2.24, 2.45) is 11.1 Å². The summed E-state index contributed by atoms with van der Waals surface area (Å²) in [7, 11) is 0. The Bertz CT molecular complexity index is 358. The van der Waals surface area contributed by atoms with Gasteiger partial charge in [0.05, 0.1) is 22.5 Å². The third-order valence-corrected chi connectivity index (χ3v) is 3.95. The third kappa shape index (κ3) is 2.64. The number of nitrogens with two attached hydrogens (primary N) is 1. The van der Waals surface area contributed by atoms with Gasteiger partial charge in [0, 0.05) is 18.5 Å². The van der Waals surface area contributed by atoms with E-state index in [1.165, 1.54) is 0 Å². The van der Waals surface area contributed by atoms with Crippen molar-refractivity contribution in [3.8, 4) is 0 Å². The molecular weight excluding hydrogens is 270 g/mol. The van der Waals surface area contributed by atoms with Crippen LogP contribution < -0.4 is 5.73 Å². The highest BCUT2D eigenvalue weighted by molar-refractivity contribution is 9.10. The maximum atomic E-state index is 9.38. The molecule has 1 rings (SSSR count). The number of halogens is 1. The highest BCUT2D eigenvalue weighted by Gasteiger charge is 2.26. The fraction of sp³-hybridized carbons (Fsp3) is 0.727. The summed E-state index contributed by atoms with van der Waals surface area (Å²) in [6.07, 6.45) is 0.731. The van der Waals surface area contributed by atoms with E-state index in [9.17, 15) is 5.11 Å². The summed E-state index contributed by atoms with van der Waals surface area (Å²) in [4.78, 5) is 0. The van der Waals surface area contributed by atoms with E-state index >= 15 is 0 Å². The van der Waals surface area contributed by atoms with Crippen LogP contribution in [-0.2, 0) is 13.0 Å². The first-order chi connectivity index (χ1) is 7.47. The topological polar surface area (TPSA) is 64.1 Å². The van der Waals surface area contributed by atoms with Crippen LogP contribution in [0, 0.1) is 12.3 Å². The van der Waals surface area contributed by atoms with Gasteiger partial charge in [0.15, 0.2) is 0 Å². The molecule has 1 aromatic heterocycles. The summed E-state index contributed by atoms with van der Waals surface area (Å²) in [5.41, 5.74) is 7.53. The number of rotatable bonds is 5. The molecule has 0 saturated carbocycles. The second-order valence-corrected chi connectivity index (χ2v) is 5.30. The van der Waals surface area contributed by atoms with Crippen molar-refractivity contribution in [3.63, 3.8) is 0 Å². The van der Waals surface area contributed by atoms with Crippen LogP contribution in [0.15, 0.2) is 4.47 Å². The van der Waals surface area contributed by atoms with Crippen molar-refractivity contribution in [1.29, 1.82) is 0 Å². The normalized spacial score (nSPS) is 15.1. The fourth-order valence-corrected chi connectivity index (χ4v) is 2.06. The molecule has 1 unspecified atom stereocenters. The minimum Gasteiger partial charge on any atom is -0.396 e. The van der Waals surface area contributed by atoms with Crippen molar-refractivity contribution >= 4 is 15.9 Å². The largest absolute Gasteiger partial charge is 0.396 e. The molecule has 0 bridgehead atoms. The number of aryl methyl sites for hydroxylation is 2. The molecule has 1 atom stereocenters. The van der Waals surface area contributed by atoms with Gasteiger partial charge in [-0.1, -0.05) is 6.92 Å². The number of aromatic nitrogens is 2. The molecule has 5 heteroatoms. The summed E-state index contributed by atoms with van der Waals surface area (Å²) in [6, 6.07) is 0. The van der Waals surface area contributed by atoms with Crippen LogP contribution in [-0.4, -0.2) is 28.0 Å². The fourth-order valence-electron chi connectivity index (χ4n) is 1.63. The lowest BCUT2D eigenvalue weighted by Crippen LogP contribution is -2.34. The van der Waals surface area contributed by atoms with E-state index < -0.39 is 0 Å². The Morgan fingerprint density at radius 3 is 2.62 bits per heavy atom. The lowest BCUT2D eigenvalue weighted by atomic mass is 9.86. The molecule has 0 amide bonds. The van der Waals surface area contributed by atoms with E-state index in [-0.39, 0.29) is 12.0 Å². The second kappa shape index (κ2) is 5.29. The number of hydrogen-bond donors (Lipinski definition) is 2. The van der Waals surface area contributed by atoms with Gasteiger partial charge in [0.2, 0.25) is 0 Å². The molecule has 0 saturated heterocycles. The Kier molecular flexibility index (Phi) is 4.52.